The number of hydrogen-bond donors (Lipinski definition) is 0. The molecule has 2 rings (SSSR count). The molecule has 0 radical (unpaired) electrons. The Morgan fingerprint density at radius 2 is 1.76 bits per heavy atom. The Bertz CT molecular complexity index is 622. The van der Waals surface area contributed by atoms with Crippen LogP contribution in [0.5, 0.6) is 0 Å². The Labute approximate surface area is 134 Å². The molecule has 0 saturated carbocycles. The Morgan fingerprint density at radius 3 is 2.38 bits per heavy atom. The van der Waals surface area contributed by atoms with E-state index < -0.39 is 0 Å². The fourth-order valence-corrected chi connectivity index (χ4v) is 2.63. The maximum Gasteiger partial charge on any atom is 0.254 e. The van der Waals surface area contributed by atoms with E-state index in [1.54, 1.807) is 0 Å². The zero-order chi connectivity index (χ0) is 15.4. The second kappa shape index (κ2) is 6.90. The molecule has 2 aromatic carbocycles. The second-order valence-corrected chi connectivity index (χ2v) is 6.28. The Hall–Kier alpha value is -1.61. The fraction of sp³-hybridized carbons (Fsp3) is 0.278. The van der Waals surface area contributed by atoms with Gasteiger partial charge in [0, 0.05) is 22.6 Å². The number of halogens is 1. The summed E-state index contributed by atoms with van der Waals surface area (Å²) in [7, 11) is 0. The summed E-state index contributed by atoms with van der Waals surface area (Å²) in [5.74, 6) is 0.0765. The molecule has 0 fully saturated rings. The van der Waals surface area contributed by atoms with E-state index >= 15 is 0 Å². The Morgan fingerprint density at radius 1 is 1.10 bits per heavy atom. The van der Waals surface area contributed by atoms with Crippen molar-refractivity contribution in [2.24, 2.45) is 0 Å². The van der Waals surface area contributed by atoms with E-state index in [9.17, 15) is 4.79 Å². The summed E-state index contributed by atoms with van der Waals surface area (Å²) in [5, 5.41) is 0. The van der Waals surface area contributed by atoms with Crippen LogP contribution >= 0.6 is 15.9 Å². The van der Waals surface area contributed by atoms with E-state index in [4.69, 9.17) is 0 Å². The van der Waals surface area contributed by atoms with Gasteiger partial charge in [-0.3, -0.25) is 4.79 Å². The number of carbonyl (C=O) groups excluding carboxylic acids is 1. The zero-order valence-electron chi connectivity index (χ0n) is 12.6. The van der Waals surface area contributed by atoms with E-state index in [2.05, 4.69) is 28.1 Å². The molecule has 2 aromatic rings. The molecule has 0 aliphatic carbocycles. The Kier molecular flexibility index (Phi) is 5.18. The van der Waals surface area contributed by atoms with Crippen LogP contribution in [-0.2, 0) is 6.54 Å². The number of nitrogens with zero attached hydrogens (tertiary/aromatic N) is 1. The van der Waals surface area contributed by atoms with Gasteiger partial charge in [-0.15, -0.1) is 0 Å². The topological polar surface area (TPSA) is 20.3 Å². The number of hydrogen-bond acceptors (Lipinski definition) is 1. The van der Waals surface area contributed by atoms with Gasteiger partial charge in [-0.05, 0) is 44.0 Å². The van der Waals surface area contributed by atoms with Crippen molar-refractivity contribution >= 4 is 21.8 Å². The zero-order valence-corrected chi connectivity index (χ0v) is 14.2. The molecule has 0 heterocycles. The van der Waals surface area contributed by atoms with Gasteiger partial charge in [-0.2, -0.15) is 0 Å². The van der Waals surface area contributed by atoms with Crippen LogP contribution in [0, 0.1) is 6.92 Å². The van der Waals surface area contributed by atoms with Gasteiger partial charge in [0.2, 0.25) is 0 Å². The van der Waals surface area contributed by atoms with Crippen molar-refractivity contribution in [1.82, 2.24) is 4.90 Å². The van der Waals surface area contributed by atoms with Gasteiger partial charge < -0.3 is 4.90 Å². The van der Waals surface area contributed by atoms with Crippen LogP contribution in [0.25, 0.3) is 0 Å². The summed E-state index contributed by atoms with van der Waals surface area (Å²) in [4.78, 5) is 14.8. The second-order valence-electron chi connectivity index (χ2n) is 5.42. The molecule has 3 heteroatoms. The number of amides is 1. The average Bonchev–Trinajstić information content (AvgIpc) is 2.48. The van der Waals surface area contributed by atoms with E-state index in [1.165, 1.54) is 0 Å². The third-order valence-electron chi connectivity index (χ3n) is 3.58. The number of rotatable bonds is 4. The van der Waals surface area contributed by atoms with Gasteiger partial charge in [-0.1, -0.05) is 52.3 Å². The van der Waals surface area contributed by atoms with Crippen molar-refractivity contribution in [3.63, 3.8) is 0 Å². The molecule has 0 aliphatic heterocycles. The van der Waals surface area contributed by atoms with Gasteiger partial charge in [0.05, 0.1) is 0 Å². The predicted octanol–water partition coefficient (Wildman–Crippen LogP) is 4.81. The quantitative estimate of drug-likeness (QED) is 0.778. The highest BCUT2D eigenvalue weighted by Gasteiger charge is 2.21. The van der Waals surface area contributed by atoms with Gasteiger partial charge >= 0.3 is 0 Å². The first kappa shape index (κ1) is 15.8. The summed E-state index contributed by atoms with van der Waals surface area (Å²) < 4.78 is 0.969. The lowest BCUT2D eigenvalue weighted by atomic mass is 10.1. The third-order valence-corrected chi connectivity index (χ3v) is 4.44. The molecular formula is C18H20BrNO. The van der Waals surface area contributed by atoms with Crippen molar-refractivity contribution in [1.29, 1.82) is 0 Å². The molecule has 0 spiro atoms. The first-order chi connectivity index (χ1) is 10.0. The number of carbonyl (C=O) groups is 1. The lowest BCUT2D eigenvalue weighted by molar-refractivity contribution is 0.0689. The predicted molar refractivity (Wildman–Crippen MR) is 90.3 cm³/mol. The minimum absolute atomic E-state index is 0.0765. The molecule has 1 amide bonds. The van der Waals surface area contributed by atoms with Crippen molar-refractivity contribution in [2.45, 2.75) is 33.4 Å². The summed E-state index contributed by atoms with van der Waals surface area (Å²) >= 11 is 3.50. The molecule has 2 nitrogen and oxygen atoms in total. The largest absolute Gasteiger partial charge is 0.332 e. The molecule has 0 saturated heterocycles. The SMILES string of the molecule is Cc1c(Br)cccc1C(=O)N(Cc1ccccc1)C(C)C. The van der Waals surface area contributed by atoms with E-state index in [-0.39, 0.29) is 11.9 Å². The fourth-order valence-electron chi connectivity index (χ4n) is 2.26. The van der Waals surface area contributed by atoms with Crippen LogP contribution in [-0.4, -0.2) is 16.8 Å². The molecule has 0 bridgehead atoms. The van der Waals surface area contributed by atoms with Crippen molar-refractivity contribution < 1.29 is 4.79 Å². The van der Waals surface area contributed by atoms with Crippen LogP contribution in [0.3, 0.4) is 0 Å². The first-order valence-electron chi connectivity index (χ1n) is 7.10. The van der Waals surface area contributed by atoms with Gasteiger partial charge in [0.1, 0.15) is 0 Å². The maximum atomic E-state index is 12.9. The highest BCUT2D eigenvalue weighted by molar-refractivity contribution is 9.10. The van der Waals surface area contributed by atoms with Crippen LogP contribution in [0.2, 0.25) is 0 Å². The summed E-state index contributed by atoms with van der Waals surface area (Å²) in [6.07, 6.45) is 0. The number of benzene rings is 2. The first-order valence-corrected chi connectivity index (χ1v) is 7.90. The van der Waals surface area contributed by atoms with Crippen molar-refractivity contribution in [3.05, 3.63) is 69.7 Å². The molecular weight excluding hydrogens is 326 g/mol. The van der Waals surface area contributed by atoms with Crippen LogP contribution < -0.4 is 0 Å². The van der Waals surface area contributed by atoms with Gasteiger partial charge in [0.15, 0.2) is 0 Å². The summed E-state index contributed by atoms with van der Waals surface area (Å²) in [5.41, 5.74) is 2.89. The Balaban J connectivity index is 2.30. The van der Waals surface area contributed by atoms with E-state index in [0.29, 0.717) is 6.54 Å². The molecule has 0 unspecified atom stereocenters. The van der Waals surface area contributed by atoms with Crippen molar-refractivity contribution in [2.75, 3.05) is 0 Å². The molecule has 0 N–H and O–H groups in total. The van der Waals surface area contributed by atoms with Crippen LogP contribution in [0.15, 0.2) is 53.0 Å². The molecule has 0 aromatic heterocycles. The summed E-state index contributed by atoms with van der Waals surface area (Å²) in [6.45, 7) is 6.70. The maximum absolute atomic E-state index is 12.9. The van der Waals surface area contributed by atoms with E-state index in [1.807, 2.05) is 62.1 Å². The highest BCUT2D eigenvalue weighted by atomic mass is 79.9. The molecule has 110 valence electrons. The van der Waals surface area contributed by atoms with Gasteiger partial charge in [-0.25, -0.2) is 0 Å². The highest BCUT2D eigenvalue weighted by Crippen LogP contribution is 2.22. The minimum Gasteiger partial charge on any atom is -0.332 e. The molecule has 0 aliphatic rings. The third kappa shape index (κ3) is 3.73. The normalized spacial score (nSPS) is 10.7. The average molecular weight is 346 g/mol. The van der Waals surface area contributed by atoms with E-state index in [0.717, 1.165) is 21.2 Å². The lowest BCUT2D eigenvalue weighted by Crippen LogP contribution is -2.36. The standard InChI is InChI=1S/C18H20BrNO/c1-13(2)20(12-15-8-5-4-6-9-15)18(21)16-10-7-11-17(19)14(16)3/h4-11,13H,12H2,1-3H3. The lowest BCUT2D eigenvalue weighted by Gasteiger charge is -2.27. The van der Waals surface area contributed by atoms with Crippen LogP contribution in [0.4, 0.5) is 0 Å². The van der Waals surface area contributed by atoms with Crippen LogP contribution in [0.1, 0.15) is 35.3 Å². The summed E-state index contributed by atoms with van der Waals surface area (Å²) in [6, 6.07) is 16.0. The minimum atomic E-state index is 0.0765. The van der Waals surface area contributed by atoms with Crippen molar-refractivity contribution in [3.8, 4) is 0 Å². The molecule has 21 heavy (non-hydrogen) atoms. The smallest absolute Gasteiger partial charge is 0.254 e. The molecule has 0 atom stereocenters. The van der Waals surface area contributed by atoms with Gasteiger partial charge in [0.25, 0.3) is 5.91 Å². The monoisotopic (exact) mass is 345 g/mol.